The molecule has 0 atom stereocenters. The van der Waals surface area contributed by atoms with Crippen LogP contribution in [0.25, 0.3) is 0 Å². The number of amides is 1. The van der Waals surface area contributed by atoms with Crippen molar-refractivity contribution in [1.82, 2.24) is 5.32 Å². The molecule has 17 heavy (non-hydrogen) atoms. The van der Waals surface area contributed by atoms with E-state index in [4.69, 9.17) is 4.74 Å². The molecule has 1 aliphatic carbocycles. The average Bonchev–Trinajstić information content (AvgIpc) is 2.48. The van der Waals surface area contributed by atoms with E-state index in [-0.39, 0.29) is 0 Å². The Morgan fingerprint density at radius 2 is 1.65 bits per heavy atom. The fraction of sp³-hybridized carbons (Fsp3) is 0.923. The SMILES string of the molecule is CC(C)(C)OC(=O)NC1(C(C)(C)O)CCCC1. The van der Waals surface area contributed by atoms with Crippen molar-refractivity contribution < 1.29 is 14.6 Å². The van der Waals surface area contributed by atoms with E-state index >= 15 is 0 Å². The van der Waals surface area contributed by atoms with Crippen molar-refractivity contribution in [1.29, 1.82) is 0 Å². The number of alkyl carbamates (subject to hydrolysis) is 1. The third-order valence-electron chi connectivity index (χ3n) is 3.37. The van der Waals surface area contributed by atoms with Crippen molar-refractivity contribution in [3.05, 3.63) is 0 Å². The van der Waals surface area contributed by atoms with Crippen LogP contribution in [-0.4, -0.2) is 27.9 Å². The molecule has 4 heteroatoms. The van der Waals surface area contributed by atoms with Crippen molar-refractivity contribution in [2.24, 2.45) is 0 Å². The second-order valence-electron chi connectivity index (χ2n) is 6.48. The monoisotopic (exact) mass is 243 g/mol. The van der Waals surface area contributed by atoms with E-state index < -0.39 is 22.8 Å². The average molecular weight is 243 g/mol. The summed E-state index contributed by atoms with van der Waals surface area (Å²) < 4.78 is 5.26. The van der Waals surface area contributed by atoms with Gasteiger partial charge >= 0.3 is 6.09 Å². The van der Waals surface area contributed by atoms with E-state index in [2.05, 4.69) is 5.32 Å². The Labute approximate surface area is 104 Å². The fourth-order valence-electron chi connectivity index (χ4n) is 2.37. The highest BCUT2D eigenvalue weighted by molar-refractivity contribution is 5.69. The van der Waals surface area contributed by atoms with Crippen LogP contribution < -0.4 is 5.32 Å². The largest absolute Gasteiger partial charge is 0.444 e. The van der Waals surface area contributed by atoms with Crippen LogP contribution in [0.15, 0.2) is 0 Å². The normalized spacial score (nSPS) is 20.1. The fourth-order valence-corrected chi connectivity index (χ4v) is 2.37. The highest BCUT2D eigenvalue weighted by Crippen LogP contribution is 2.38. The maximum absolute atomic E-state index is 11.8. The molecule has 0 aromatic rings. The predicted molar refractivity (Wildman–Crippen MR) is 66.9 cm³/mol. The maximum atomic E-state index is 11.8. The second-order valence-corrected chi connectivity index (χ2v) is 6.48. The van der Waals surface area contributed by atoms with E-state index in [1.165, 1.54) is 0 Å². The molecular formula is C13H25NO3. The number of ether oxygens (including phenoxy) is 1. The maximum Gasteiger partial charge on any atom is 0.408 e. The molecular weight excluding hydrogens is 218 g/mol. The lowest BCUT2D eigenvalue weighted by Crippen LogP contribution is -2.60. The predicted octanol–water partition coefficient (Wildman–Crippen LogP) is 2.59. The van der Waals surface area contributed by atoms with Crippen LogP contribution in [-0.2, 0) is 4.74 Å². The molecule has 0 heterocycles. The molecule has 1 rings (SSSR count). The van der Waals surface area contributed by atoms with Gasteiger partial charge in [-0.05, 0) is 47.5 Å². The first-order valence-corrected chi connectivity index (χ1v) is 6.29. The Balaban J connectivity index is 2.72. The summed E-state index contributed by atoms with van der Waals surface area (Å²) in [5, 5.41) is 13.1. The summed E-state index contributed by atoms with van der Waals surface area (Å²) in [5.41, 5.74) is -1.99. The summed E-state index contributed by atoms with van der Waals surface area (Å²) >= 11 is 0. The third kappa shape index (κ3) is 3.60. The minimum absolute atomic E-state index is 0.443. The van der Waals surface area contributed by atoms with E-state index in [0.717, 1.165) is 25.7 Å². The summed E-state index contributed by atoms with van der Waals surface area (Å²) in [6.07, 6.45) is 3.21. The van der Waals surface area contributed by atoms with Gasteiger partial charge in [-0.1, -0.05) is 12.8 Å². The summed E-state index contributed by atoms with van der Waals surface area (Å²) in [6.45, 7) is 8.99. The van der Waals surface area contributed by atoms with Crippen LogP contribution in [0.2, 0.25) is 0 Å². The van der Waals surface area contributed by atoms with Gasteiger partial charge in [0.15, 0.2) is 0 Å². The van der Waals surface area contributed by atoms with Gasteiger partial charge < -0.3 is 15.2 Å². The van der Waals surface area contributed by atoms with Crippen LogP contribution in [0.1, 0.15) is 60.3 Å². The topological polar surface area (TPSA) is 58.6 Å². The van der Waals surface area contributed by atoms with Crippen LogP contribution >= 0.6 is 0 Å². The molecule has 0 saturated heterocycles. The molecule has 100 valence electrons. The van der Waals surface area contributed by atoms with Crippen molar-refractivity contribution in [3.63, 3.8) is 0 Å². The lowest BCUT2D eigenvalue weighted by atomic mass is 9.81. The zero-order valence-electron chi connectivity index (χ0n) is 11.6. The van der Waals surface area contributed by atoms with E-state index in [1.807, 2.05) is 20.8 Å². The van der Waals surface area contributed by atoms with E-state index in [1.54, 1.807) is 13.8 Å². The molecule has 0 spiro atoms. The second kappa shape index (κ2) is 4.48. The van der Waals surface area contributed by atoms with Gasteiger partial charge in [0, 0.05) is 0 Å². The molecule has 1 fully saturated rings. The van der Waals surface area contributed by atoms with Gasteiger partial charge in [0.05, 0.1) is 11.1 Å². The lowest BCUT2D eigenvalue weighted by molar-refractivity contribution is -0.0275. The highest BCUT2D eigenvalue weighted by atomic mass is 16.6. The van der Waals surface area contributed by atoms with Gasteiger partial charge in [0.25, 0.3) is 0 Å². The van der Waals surface area contributed by atoms with Crippen LogP contribution in [0.3, 0.4) is 0 Å². The number of carbonyl (C=O) groups excluding carboxylic acids is 1. The first kappa shape index (κ1) is 14.3. The number of rotatable bonds is 2. The summed E-state index contributed by atoms with van der Waals surface area (Å²) in [6, 6.07) is 0. The van der Waals surface area contributed by atoms with Crippen LogP contribution in [0, 0.1) is 0 Å². The highest BCUT2D eigenvalue weighted by Gasteiger charge is 2.47. The molecule has 0 bridgehead atoms. The zero-order chi connectivity index (χ0) is 13.3. The molecule has 0 radical (unpaired) electrons. The smallest absolute Gasteiger partial charge is 0.408 e. The zero-order valence-corrected chi connectivity index (χ0v) is 11.6. The number of hydrogen-bond donors (Lipinski definition) is 2. The van der Waals surface area contributed by atoms with Crippen molar-refractivity contribution >= 4 is 6.09 Å². The van der Waals surface area contributed by atoms with Crippen molar-refractivity contribution in [2.45, 2.75) is 77.0 Å². The van der Waals surface area contributed by atoms with Gasteiger partial charge in [-0.25, -0.2) is 4.79 Å². The summed E-state index contributed by atoms with van der Waals surface area (Å²) in [5.74, 6) is 0. The minimum Gasteiger partial charge on any atom is -0.444 e. The molecule has 1 aliphatic rings. The van der Waals surface area contributed by atoms with Gasteiger partial charge in [-0.15, -0.1) is 0 Å². The molecule has 0 aliphatic heterocycles. The molecule has 0 aromatic carbocycles. The third-order valence-corrected chi connectivity index (χ3v) is 3.37. The van der Waals surface area contributed by atoms with Crippen molar-refractivity contribution in [2.75, 3.05) is 0 Å². The molecule has 2 N–H and O–H groups in total. The number of nitrogens with one attached hydrogen (secondary N) is 1. The Morgan fingerprint density at radius 1 is 1.18 bits per heavy atom. The first-order chi connectivity index (χ1) is 7.56. The van der Waals surface area contributed by atoms with Gasteiger partial charge in [0.1, 0.15) is 5.60 Å². The quantitative estimate of drug-likeness (QED) is 0.783. The summed E-state index contributed by atoms with van der Waals surface area (Å²) in [4.78, 5) is 11.8. The van der Waals surface area contributed by atoms with E-state index in [0.29, 0.717) is 0 Å². The van der Waals surface area contributed by atoms with Crippen LogP contribution in [0.4, 0.5) is 4.79 Å². The molecule has 1 amide bonds. The molecule has 1 saturated carbocycles. The molecule has 4 nitrogen and oxygen atoms in total. The standard InChI is InChI=1S/C13H25NO3/c1-11(2,3)17-10(15)14-13(12(4,5)16)8-6-7-9-13/h16H,6-9H2,1-5H3,(H,14,15). The van der Waals surface area contributed by atoms with E-state index in [9.17, 15) is 9.90 Å². The molecule has 0 unspecified atom stereocenters. The van der Waals surface area contributed by atoms with Gasteiger partial charge in [0.2, 0.25) is 0 Å². The number of aliphatic hydroxyl groups is 1. The molecule has 0 aromatic heterocycles. The Hall–Kier alpha value is -0.770. The summed E-state index contributed by atoms with van der Waals surface area (Å²) in [7, 11) is 0. The lowest BCUT2D eigenvalue weighted by Gasteiger charge is -2.41. The Morgan fingerprint density at radius 3 is 2.00 bits per heavy atom. The van der Waals surface area contributed by atoms with Gasteiger partial charge in [-0.3, -0.25) is 0 Å². The minimum atomic E-state index is -0.930. The van der Waals surface area contributed by atoms with Crippen molar-refractivity contribution in [3.8, 4) is 0 Å². The van der Waals surface area contributed by atoms with Gasteiger partial charge in [-0.2, -0.15) is 0 Å². The Bertz CT molecular complexity index is 280. The van der Waals surface area contributed by atoms with Crippen LogP contribution in [0.5, 0.6) is 0 Å². The number of hydrogen-bond acceptors (Lipinski definition) is 3. The first-order valence-electron chi connectivity index (χ1n) is 6.29. The Kier molecular flexibility index (Phi) is 3.77. The number of carbonyl (C=O) groups is 1.